The van der Waals surface area contributed by atoms with Crippen molar-refractivity contribution in [3.8, 4) is 0 Å². The molecule has 18 heavy (non-hydrogen) atoms. The van der Waals surface area contributed by atoms with Crippen LogP contribution in [0.2, 0.25) is 0 Å². The molecule has 0 amide bonds. The monoisotopic (exact) mass is 336 g/mol. The van der Waals surface area contributed by atoms with Crippen LogP contribution in [0, 0.1) is 12.7 Å². The van der Waals surface area contributed by atoms with Crippen LogP contribution < -0.4 is 0 Å². The second kappa shape index (κ2) is 5.19. The summed E-state index contributed by atoms with van der Waals surface area (Å²) in [7, 11) is -3.73. The summed E-state index contributed by atoms with van der Waals surface area (Å²) in [6, 6.07) is 1.92. The van der Waals surface area contributed by atoms with Crippen LogP contribution >= 0.6 is 15.9 Å². The van der Waals surface area contributed by atoms with Gasteiger partial charge in [0.1, 0.15) is 5.82 Å². The molecule has 0 atom stereocenters. The van der Waals surface area contributed by atoms with Gasteiger partial charge in [0.15, 0.2) is 9.84 Å². The van der Waals surface area contributed by atoms with Crippen LogP contribution in [-0.2, 0) is 9.84 Å². The Balaban J connectivity index is 3.45. The number of aromatic carboxylic acids is 1. The van der Waals surface area contributed by atoms with Gasteiger partial charge in [-0.3, -0.25) is 0 Å². The lowest BCUT2D eigenvalue weighted by Crippen LogP contribution is -2.10. The third kappa shape index (κ3) is 3.17. The van der Waals surface area contributed by atoms with Crippen molar-refractivity contribution in [2.75, 3.05) is 5.75 Å². The zero-order valence-electron chi connectivity index (χ0n) is 9.41. The predicted molar refractivity (Wildman–Crippen MR) is 68.2 cm³/mol. The lowest BCUT2D eigenvalue weighted by Gasteiger charge is -2.07. The minimum atomic E-state index is -3.73. The standard InChI is InChI=1S/C11H10BrFO4S/c1-6-3-8(18(16,17)5-7(2)12)4-9(10(6)13)11(14)15/h3-4H,2,5H2,1H3,(H,14,15). The van der Waals surface area contributed by atoms with Gasteiger partial charge in [-0.2, -0.15) is 0 Å². The predicted octanol–water partition coefficient (Wildman–Crippen LogP) is 2.51. The van der Waals surface area contributed by atoms with Gasteiger partial charge in [0.25, 0.3) is 0 Å². The van der Waals surface area contributed by atoms with Crippen molar-refractivity contribution >= 4 is 31.7 Å². The zero-order valence-corrected chi connectivity index (χ0v) is 11.8. The highest BCUT2D eigenvalue weighted by Gasteiger charge is 2.21. The average Bonchev–Trinajstić information content (AvgIpc) is 2.19. The molecule has 0 spiro atoms. The maximum Gasteiger partial charge on any atom is 0.338 e. The molecule has 7 heteroatoms. The van der Waals surface area contributed by atoms with E-state index < -0.39 is 27.2 Å². The van der Waals surface area contributed by atoms with E-state index in [-0.39, 0.29) is 20.7 Å². The van der Waals surface area contributed by atoms with Crippen LogP contribution in [-0.4, -0.2) is 25.2 Å². The summed E-state index contributed by atoms with van der Waals surface area (Å²) in [5, 5.41) is 8.80. The fourth-order valence-electron chi connectivity index (χ4n) is 1.36. The molecule has 0 saturated heterocycles. The van der Waals surface area contributed by atoms with Crippen molar-refractivity contribution in [1.82, 2.24) is 0 Å². The van der Waals surface area contributed by atoms with Crippen molar-refractivity contribution in [2.45, 2.75) is 11.8 Å². The van der Waals surface area contributed by atoms with Crippen LogP contribution in [0.3, 0.4) is 0 Å². The molecule has 1 rings (SSSR count). The summed E-state index contributed by atoms with van der Waals surface area (Å²) in [5.74, 6) is -2.82. The molecular formula is C11H10BrFO4S. The van der Waals surface area contributed by atoms with Crippen molar-refractivity contribution in [2.24, 2.45) is 0 Å². The molecule has 1 aromatic rings. The number of sulfone groups is 1. The number of aryl methyl sites for hydroxylation is 1. The van der Waals surface area contributed by atoms with Crippen molar-refractivity contribution in [3.05, 3.63) is 40.1 Å². The van der Waals surface area contributed by atoms with Gasteiger partial charge < -0.3 is 5.11 Å². The van der Waals surface area contributed by atoms with E-state index >= 15 is 0 Å². The summed E-state index contributed by atoms with van der Waals surface area (Å²) in [6.07, 6.45) is 0. The van der Waals surface area contributed by atoms with Gasteiger partial charge in [-0.25, -0.2) is 17.6 Å². The second-order valence-electron chi connectivity index (χ2n) is 3.68. The molecule has 1 aromatic carbocycles. The van der Waals surface area contributed by atoms with E-state index in [9.17, 15) is 17.6 Å². The number of carboxylic acid groups (broad SMARTS) is 1. The minimum Gasteiger partial charge on any atom is -0.478 e. The summed E-state index contributed by atoms with van der Waals surface area (Å²) in [6.45, 7) is 4.72. The van der Waals surface area contributed by atoms with Gasteiger partial charge in [0, 0.05) is 4.48 Å². The lowest BCUT2D eigenvalue weighted by atomic mass is 10.1. The molecule has 0 bridgehead atoms. The number of halogens is 2. The van der Waals surface area contributed by atoms with E-state index in [1.54, 1.807) is 0 Å². The van der Waals surface area contributed by atoms with Gasteiger partial charge >= 0.3 is 5.97 Å². The first-order valence-corrected chi connectivity index (χ1v) is 7.19. The summed E-state index contributed by atoms with van der Waals surface area (Å²) in [4.78, 5) is 10.6. The van der Waals surface area contributed by atoms with Crippen LogP contribution in [0.5, 0.6) is 0 Å². The normalized spacial score (nSPS) is 11.3. The maximum atomic E-state index is 13.5. The SMILES string of the molecule is C=C(Br)CS(=O)(=O)c1cc(C)c(F)c(C(=O)O)c1. The van der Waals surface area contributed by atoms with Gasteiger partial charge in [-0.05, 0) is 24.6 Å². The Labute approximate surface area is 112 Å². The molecule has 0 aromatic heterocycles. The van der Waals surface area contributed by atoms with E-state index in [4.69, 9.17) is 5.11 Å². The largest absolute Gasteiger partial charge is 0.478 e. The fraction of sp³-hybridized carbons (Fsp3) is 0.182. The van der Waals surface area contributed by atoms with E-state index in [2.05, 4.69) is 22.5 Å². The number of hydrogen-bond donors (Lipinski definition) is 1. The van der Waals surface area contributed by atoms with Crippen molar-refractivity contribution < 1.29 is 22.7 Å². The van der Waals surface area contributed by atoms with E-state index in [0.717, 1.165) is 12.1 Å². The van der Waals surface area contributed by atoms with Crippen LogP contribution in [0.4, 0.5) is 4.39 Å². The van der Waals surface area contributed by atoms with Crippen LogP contribution in [0.1, 0.15) is 15.9 Å². The number of carboxylic acids is 1. The molecule has 0 saturated carbocycles. The summed E-state index contributed by atoms with van der Waals surface area (Å²) in [5.41, 5.74) is -0.692. The third-order valence-electron chi connectivity index (χ3n) is 2.16. The molecule has 0 aliphatic carbocycles. The van der Waals surface area contributed by atoms with Crippen LogP contribution in [0.25, 0.3) is 0 Å². The minimum absolute atomic E-state index is 0.0336. The Kier molecular flexibility index (Phi) is 4.28. The van der Waals surface area contributed by atoms with Gasteiger partial charge in [0.05, 0.1) is 16.2 Å². The van der Waals surface area contributed by atoms with Crippen molar-refractivity contribution in [1.29, 1.82) is 0 Å². The fourth-order valence-corrected chi connectivity index (χ4v) is 3.50. The Hall–Kier alpha value is -1.21. The number of rotatable bonds is 4. The van der Waals surface area contributed by atoms with Gasteiger partial charge in [-0.15, -0.1) is 0 Å². The molecule has 0 heterocycles. The first kappa shape index (κ1) is 14.8. The highest BCUT2D eigenvalue weighted by Crippen LogP contribution is 2.22. The number of carbonyl (C=O) groups is 1. The highest BCUT2D eigenvalue weighted by molar-refractivity contribution is 9.11. The first-order valence-electron chi connectivity index (χ1n) is 4.74. The molecule has 1 N–H and O–H groups in total. The maximum absolute atomic E-state index is 13.5. The molecular weight excluding hydrogens is 327 g/mol. The second-order valence-corrected chi connectivity index (χ2v) is 6.79. The number of benzene rings is 1. The topological polar surface area (TPSA) is 71.4 Å². The Morgan fingerprint density at radius 2 is 2.06 bits per heavy atom. The molecule has 0 aliphatic rings. The Morgan fingerprint density at radius 3 is 2.50 bits per heavy atom. The van der Waals surface area contributed by atoms with E-state index in [1.807, 2.05) is 0 Å². The zero-order chi connectivity index (χ0) is 14.1. The highest BCUT2D eigenvalue weighted by atomic mass is 79.9. The third-order valence-corrected chi connectivity index (χ3v) is 4.50. The molecule has 0 aliphatic heterocycles. The van der Waals surface area contributed by atoms with Crippen LogP contribution in [0.15, 0.2) is 28.1 Å². The molecule has 0 radical (unpaired) electrons. The molecule has 0 fully saturated rings. The van der Waals surface area contributed by atoms with Crippen molar-refractivity contribution in [3.63, 3.8) is 0 Å². The summed E-state index contributed by atoms with van der Waals surface area (Å²) < 4.78 is 37.5. The van der Waals surface area contributed by atoms with E-state index in [1.165, 1.54) is 6.92 Å². The molecule has 4 nitrogen and oxygen atoms in total. The average molecular weight is 337 g/mol. The first-order chi connectivity index (χ1) is 8.15. The lowest BCUT2D eigenvalue weighted by molar-refractivity contribution is 0.0691. The summed E-state index contributed by atoms with van der Waals surface area (Å²) >= 11 is 2.92. The Morgan fingerprint density at radius 1 is 1.50 bits per heavy atom. The Bertz CT molecular complexity index is 622. The smallest absolute Gasteiger partial charge is 0.338 e. The van der Waals surface area contributed by atoms with E-state index in [0.29, 0.717) is 0 Å². The van der Waals surface area contributed by atoms with Gasteiger partial charge in [0.2, 0.25) is 0 Å². The molecule has 0 unspecified atom stereocenters. The number of hydrogen-bond acceptors (Lipinski definition) is 3. The van der Waals surface area contributed by atoms with Gasteiger partial charge in [-0.1, -0.05) is 22.5 Å². The molecule has 98 valence electrons. The quantitative estimate of drug-likeness (QED) is 0.857.